The van der Waals surface area contributed by atoms with E-state index >= 15 is 0 Å². The van der Waals surface area contributed by atoms with Crippen molar-refractivity contribution < 1.29 is 42.5 Å². The highest BCUT2D eigenvalue weighted by molar-refractivity contribution is 6.05. The number of rotatable bonds is 14. The predicted octanol–water partition coefficient (Wildman–Crippen LogP) is 9.83. The number of carbonyl (C=O) groups excluding carboxylic acids is 4. The third-order valence-corrected chi connectivity index (χ3v) is 9.52. The first-order valence-electron chi connectivity index (χ1n) is 19.6. The molecule has 7 rings (SSSR count). The average molecular weight is 841 g/mol. The van der Waals surface area contributed by atoms with Crippen molar-refractivity contribution in [1.82, 2.24) is 10.6 Å². The van der Waals surface area contributed by atoms with Crippen LogP contribution in [0.15, 0.2) is 174 Å². The SMILES string of the molecule is N=C(NC(=O)OCc1ccc(C(=O)OCc2ccccc2)cc1)c1ccc(-c2ccc(-c3ccc(C(=N)NC(=O)OCc4ccc(C(=O)OCc5ccccc5)cc4)cc3)o2)cc1. The Bertz CT molecular complexity index is 2510. The van der Waals surface area contributed by atoms with Gasteiger partial charge in [0.1, 0.15) is 49.6 Å². The van der Waals surface area contributed by atoms with Crippen LogP contribution in [0.2, 0.25) is 0 Å². The lowest BCUT2D eigenvalue weighted by Crippen LogP contribution is -2.30. The molecular weight excluding hydrogens is 801 g/mol. The Kier molecular flexibility index (Phi) is 13.9. The zero-order chi connectivity index (χ0) is 44.0. The van der Waals surface area contributed by atoms with E-state index in [1.807, 2.05) is 72.8 Å². The maximum Gasteiger partial charge on any atom is 0.413 e. The van der Waals surface area contributed by atoms with Gasteiger partial charge in [0.05, 0.1) is 11.1 Å². The molecule has 13 nitrogen and oxygen atoms in total. The fourth-order valence-corrected chi connectivity index (χ4v) is 6.06. The smallest absolute Gasteiger partial charge is 0.413 e. The van der Waals surface area contributed by atoms with Crippen LogP contribution >= 0.6 is 0 Å². The summed E-state index contributed by atoms with van der Waals surface area (Å²) in [5.74, 6) is -0.0770. The van der Waals surface area contributed by atoms with Crippen molar-refractivity contribution in [2.45, 2.75) is 26.4 Å². The Hall–Kier alpha value is -8.58. The van der Waals surface area contributed by atoms with Crippen molar-refractivity contribution >= 4 is 35.8 Å². The molecular formula is C50H40N4O9. The maximum atomic E-state index is 12.5. The molecule has 0 spiro atoms. The quantitative estimate of drug-likeness (QED) is 0.0357. The van der Waals surface area contributed by atoms with Crippen LogP contribution in [0.5, 0.6) is 0 Å². The van der Waals surface area contributed by atoms with Crippen LogP contribution in [0.4, 0.5) is 9.59 Å². The molecule has 2 amide bonds. The first kappa shape index (κ1) is 42.5. The van der Waals surface area contributed by atoms with E-state index in [1.54, 1.807) is 97.1 Å². The summed E-state index contributed by atoms with van der Waals surface area (Å²) in [6, 6.07) is 49.2. The molecule has 0 unspecified atom stereocenters. The van der Waals surface area contributed by atoms with Gasteiger partial charge in [-0.15, -0.1) is 0 Å². The second-order valence-corrected chi connectivity index (χ2v) is 14.0. The molecule has 0 aliphatic rings. The summed E-state index contributed by atoms with van der Waals surface area (Å²) in [6.45, 7) is 0.198. The van der Waals surface area contributed by atoms with Crippen molar-refractivity contribution in [3.8, 4) is 22.6 Å². The number of nitrogens with one attached hydrogen (secondary N) is 4. The van der Waals surface area contributed by atoms with Gasteiger partial charge in [-0.1, -0.05) is 133 Å². The Labute approximate surface area is 362 Å². The molecule has 6 aromatic carbocycles. The topological polar surface area (TPSA) is 190 Å². The van der Waals surface area contributed by atoms with E-state index in [1.165, 1.54) is 0 Å². The highest BCUT2D eigenvalue weighted by Crippen LogP contribution is 2.29. The molecule has 0 saturated heterocycles. The first-order chi connectivity index (χ1) is 30.7. The lowest BCUT2D eigenvalue weighted by molar-refractivity contribution is 0.0464. The molecule has 0 bridgehead atoms. The van der Waals surface area contributed by atoms with Crippen LogP contribution in [-0.4, -0.2) is 35.8 Å². The maximum absolute atomic E-state index is 12.5. The molecule has 63 heavy (non-hydrogen) atoms. The second kappa shape index (κ2) is 20.6. The monoisotopic (exact) mass is 840 g/mol. The molecule has 0 aliphatic heterocycles. The molecule has 1 aromatic heterocycles. The summed E-state index contributed by atoms with van der Waals surface area (Å²) in [4.78, 5) is 49.7. The summed E-state index contributed by atoms with van der Waals surface area (Å²) in [5.41, 5.74) is 6.20. The van der Waals surface area contributed by atoms with Crippen LogP contribution in [0.1, 0.15) is 54.1 Å². The molecule has 0 saturated carbocycles. The number of carbonyl (C=O) groups is 4. The number of amides is 2. The van der Waals surface area contributed by atoms with Gasteiger partial charge < -0.3 is 23.4 Å². The molecule has 0 fully saturated rings. The highest BCUT2D eigenvalue weighted by Gasteiger charge is 2.14. The molecule has 0 atom stereocenters. The predicted molar refractivity (Wildman–Crippen MR) is 234 cm³/mol. The minimum atomic E-state index is -0.803. The summed E-state index contributed by atoms with van der Waals surface area (Å²) < 4.78 is 27.4. The van der Waals surface area contributed by atoms with Crippen molar-refractivity contribution in [1.29, 1.82) is 10.8 Å². The second-order valence-electron chi connectivity index (χ2n) is 14.0. The van der Waals surface area contributed by atoms with Crippen molar-refractivity contribution in [3.63, 3.8) is 0 Å². The number of alkyl carbamates (subject to hydrolysis) is 2. The first-order valence-corrected chi connectivity index (χ1v) is 19.6. The number of hydrogen-bond acceptors (Lipinski definition) is 11. The normalized spacial score (nSPS) is 10.5. The van der Waals surface area contributed by atoms with Gasteiger partial charge >= 0.3 is 24.1 Å². The molecule has 4 N–H and O–H groups in total. The van der Waals surface area contributed by atoms with Crippen LogP contribution in [0.3, 0.4) is 0 Å². The van der Waals surface area contributed by atoms with Gasteiger partial charge in [-0.25, -0.2) is 19.2 Å². The summed E-state index contributed by atoms with van der Waals surface area (Å²) >= 11 is 0. The van der Waals surface area contributed by atoms with Gasteiger partial charge in [0.2, 0.25) is 0 Å². The van der Waals surface area contributed by atoms with Crippen molar-refractivity contribution in [2.75, 3.05) is 0 Å². The lowest BCUT2D eigenvalue weighted by atomic mass is 10.1. The summed E-state index contributed by atoms with van der Waals surface area (Å²) in [5, 5.41) is 21.6. The van der Waals surface area contributed by atoms with Gasteiger partial charge in [-0.3, -0.25) is 21.5 Å². The molecule has 0 aliphatic carbocycles. The van der Waals surface area contributed by atoms with Gasteiger partial charge in [-0.2, -0.15) is 0 Å². The third kappa shape index (κ3) is 12.0. The Morgan fingerprint density at radius 3 is 1.06 bits per heavy atom. The fourth-order valence-electron chi connectivity index (χ4n) is 6.06. The number of esters is 2. The number of ether oxygens (including phenoxy) is 4. The highest BCUT2D eigenvalue weighted by atomic mass is 16.6. The van der Waals surface area contributed by atoms with Crippen molar-refractivity contribution in [2.24, 2.45) is 0 Å². The number of furan rings is 1. The van der Waals surface area contributed by atoms with Crippen LogP contribution in [0.25, 0.3) is 22.6 Å². The molecule has 1 heterocycles. The zero-order valence-corrected chi connectivity index (χ0v) is 33.7. The molecule has 7 aromatic rings. The minimum absolute atomic E-state index is 0.0642. The van der Waals surface area contributed by atoms with Gasteiger partial charge in [0, 0.05) is 22.3 Å². The van der Waals surface area contributed by atoms with E-state index in [2.05, 4.69) is 10.6 Å². The summed E-state index contributed by atoms with van der Waals surface area (Å²) in [7, 11) is 0. The van der Waals surface area contributed by atoms with E-state index < -0.39 is 24.1 Å². The molecule has 314 valence electrons. The van der Waals surface area contributed by atoms with E-state index in [0.29, 0.717) is 44.9 Å². The molecule has 13 heteroatoms. The zero-order valence-electron chi connectivity index (χ0n) is 33.7. The number of benzene rings is 6. The lowest BCUT2D eigenvalue weighted by Gasteiger charge is -2.10. The van der Waals surface area contributed by atoms with Crippen LogP contribution < -0.4 is 10.6 Å². The van der Waals surface area contributed by atoms with E-state index in [4.69, 9.17) is 34.2 Å². The van der Waals surface area contributed by atoms with Crippen LogP contribution in [0, 0.1) is 10.8 Å². The Morgan fingerprint density at radius 2 is 0.698 bits per heavy atom. The van der Waals surface area contributed by atoms with E-state index in [9.17, 15) is 19.2 Å². The van der Waals surface area contributed by atoms with Gasteiger partial charge in [0.15, 0.2) is 0 Å². The largest absolute Gasteiger partial charge is 0.457 e. The third-order valence-electron chi connectivity index (χ3n) is 9.52. The Morgan fingerprint density at radius 1 is 0.381 bits per heavy atom. The van der Waals surface area contributed by atoms with E-state index in [0.717, 1.165) is 22.3 Å². The minimum Gasteiger partial charge on any atom is -0.457 e. The number of amidine groups is 2. The average Bonchev–Trinajstić information content (AvgIpc) is 3.83. The molecule has 0 radical (unpaired) electrons. The van der Waals surface area contributed by atoms with Gasteiger partial charge in [-0.05, 0) is 58.7 Å². The van der Waals surface area contributed by atoms with E-state index in [-0.39, 0.29) is 38.1 Å². The number of hydrogen-bond donors (Lipinski definition) is 4. The standard InChI is InChI=1S/C50H40N4O9/c51-45(53-49(57)61-31-35-11-15-41(16-12-35)47(55)59-29-33-7-3-1-4-8-33)39-23-19-37(20-24-39)43-27-28-44(63-43)38-21-25-40(26-22-38)46(52)54-50(58)62-32-36-13-17-42(18-14-36)48(56)60-30-34-9-5-2-6-10-34/h1-28H,29-32H2,(H2,51,53,57)(H2,52,54,58). The summed E-state index contributed by atoms with van der Waals surface area (Å²) in [6.07, 6.45) is -1.61. The Balaban J connectivity index is 0.824. The van der Waals surface area contributed by atoms with Crippen LogP contribution in [-0.2, 0) is 45.4 Å². The fraction of sp³-hybridized carbons (Fsp3) is 0.0800. The van der Waals surface area contributed by atoms with Crippen molar-refractivity contribution in [3.05, 3.63) is 214 Å². The van der Waals surface area contributed by atoms with Gasteiger partial charge in [0.25, 0.3) is 0 Å².